The summed E-state index contributed by atoms with van der Waals surface area (Å²) in [6, 6.07) is 0. The number of hydrogen-bond donors (Lipinski definition) is 1. The van der Waals surface area contributed by atoms with Crippen LogP contribution in [0.5, 0.6) is 0 Å². The Kier molecular flexibility index (Phi) is 4.17. The summed E-state index contributed by atoms with van der Waals surface area (Å²) in [5, 5.41) is 15.3. The topological polar surface area (TPSA) is 38.0 Å². The number of rotatable bonds is 3. The second kappa shape index (κ2) is 5.33. The molecule has 0 aromatic carbocycles. The molecule has 1 heterocycles. The second-order valence-corrected chi connectivity index (χ2v) is 6.56. The quantitative estimate of drug-likeness (QED) is 0.927. The van der Waals surface area contributed by atoms with Gasteiger partial charge in [-0.15, -0.1) is 0 Å². The van der Waals surface area contributed by atoms with Crippen LogP contribution in [0.4, 0.5) is 0 Å². The van der Waals surface area contributed by atoms with E-state index in [1.54, 1.807) is 0 Å². The molecule has 2 unspecified atom stereocenters. The maximum atomic E-state index is 10.8. The first-order valence-electron chi connectivity index (χ1n) is 6.89. The summed E-state index contributed by atoms with van der Waals surface area (Å²) in [4.78, 5) is 0. The Morgan fingerprint density at radius 2 is 2.28 bits per heavy atom. The maximum absolute atomic E-state index is 10.8. The van der Waals surface area contributed by atoms with Crippen LogP contribution in [0.3, 0.4) is 0 Å². The Balaban J connectivity index is 2.22. The molecule has 3 nitrogen and oxygen atoms in total. The normalized spacial score (nSPS) is 28.6. The van der Waals surface area contributed by atoms with Crippen LogP contribution >= 0.6 is 15.9 Å². The Morgan fingerprint density at radius 1 is 1.56 bits per heavy atom. The van der Waals surface area contributed by atoms with E-state index in [1.165, 1.54) is 6.42 Å². The van der Waals surface area contributed by atoms with Crippen LogP contribution in [0.15, 0.2) is 4.47 Å². The second-order valence-electron chi connectivity index (χ2n) is 5.76. The van der Waals surface area contributed by atoms with Crippen molar-refractivity contribution in [3.63, 3.8) is 0 Å². The molecule has 0 bridgehead atoms. The minimum Gasteiger partial charge on any atom is -0.389 e. The molecule has 0 amide bonds. The first-order chi connectivity index (χ1) is 8.45. The van der Waals surface area contributed by atoms with E-state index in [-0.39, 0.29) is 0 Å². The summed E-state index contributed by atoms with van der Waals surface area (Å²) in [5.41, 5.74) is 1.62. The molecule has 18 heavy (non-hydrogen) atoms. The highest BCUT2D eigenvalue weighted by Crippen LogP contribution is 2.36. The van der Waals surface area contributed by atoms with Crippen molar-refractivity contribution in [1.29, 1.82) is 0 Å². The average molecular weight is 315 g/mol. The van der Waals surface area contributed by atoms with Gasteiger partial charge in [0.05, 0.1) is 21.5 Å². The highest BCUT2D eigenvalue weighted by atomic mass is 79.9. The van der Waals surface area contributed by atoms with Gasteiger partial charge in [0.1, 0.15) is 0 Å². The van der Waals surface area contributed by atoms with Gasteiger partial charge in [0, 0.05) is 13.0 Å². The van der Waals surface area contributed by atoms with Crippen LogP contribution in [0.2, 0.25) is 0 Å². The van der Waals surface area contributed by atoms with E-state index in [4.69, 9.17) is 0 Å². The predicted molar refractivity (Wildman–Crippen MR) is 76.6 cm³/mol. The van der Waals surface area contributed by atoms with Gasteiger partial charge in [0.15, 0.2) is 0 Å². The van der Waals surface area contributed by atoms with Crippen molar-refractivity contribution >= 4 is 15.9 Å². The fourth-order valence-corrected chi connectivity index (χ4v) is 3.57. The smallest absolute Gasteiger partial charge is 0.0738 e. The first kappa shape index (κ1) is 14.1. The van der Waals surface area contributed by atoms with E-state index in [9.17, 15) is 5.11 Å². The summed E-state index contributed by atoms with van der Waals surface area (Å²) >= 11 is 3.61. The summed E-state index contributed by atoms with van der Waals surface area (Å²) in [6.07, 6.45) is 4.92. The summed E-state index contributed by atoms with van der Waals surface area (Å²) in [7, 11) is 0. The molecule has 1 aromatic rings. The first-order valence-corrected chi connectivity index (χ1v) is 7.68. The third-order valence-corrected chi connectivity index (χ3v) is 5.05. The Bertz CT molecular complexity index is 430. The molecule has 1 aromatic heterocycles. The standard InChI is InChI=1S/C14H23BrN2O/c1-4-17-12(13(15)11(3)16-17)9-14(18)7-5-6-10(2)8-14/h10,18H,4-9H2,1-3H3. The number of aliphatic hydroxyl groups is 1. The Labute approximate surface area is 118 Å². The molecular formula is C14H23BrN2O. The van der Waals surface area contributed by atoms with Crippen molar-refractivity contribution in [3.8, 4) is 0 Å². The third-order valence-electron chi connectivity index (χ3n) is 4.02. The molecule has 1 fully saturated rings. The van der Waals surface area contributed by atoms with E-state index < -0.39 is 5.60 Å². The van der Waals surface area contributed by atoms with E-state index in [2.05, 4.69) is 34.9 Å². The lowest BCUT2D eigenvalue weighted by Crippen LogP contribution is -2.37. The zero-order valence-electron chi connectivity index (χ0n) is 11.5. The SMILES string of the molecule is CCn1nc(C)c(Br)c1CC1(O)CCCC(C)C1. The molecule has 1 N–H and O–H groups in total. The number of nitrogens with zero attached hydrogens (tertiary/aromatic N) is 2. The number of hydrogen-bond acceptors (Lipinski definition) is 2. The van der Waals surface area contributed by atoms with Crippen LogP contribution in [-0.2, 0) is 13.0 Å². The molecule has 0 radical (unpaired) electrons. The van der Waals surface area contributed by atoms with Gasteiger partial charge in [-0.25, -0.2) is 0 Å². The van der Waals surface area contributed by atoms with Crippen molar-refractivity contribution in [3.05, 3.63) is 15.9 Å². The van der Waals surface area contributed by atoms with Gasteiger partial charge >= 0.3 is 0 Å². The molecule has 2 atom stereocenters. The highest BCUT2D eigenvalue weighted by Gasteiger charge is 2.34. The zero-order valence-corrected chi connectivity index (χ0v) is 13.1. The molecule has 1 aliphatic carbocycles. The van der Waals surface area contributed by atoms with Gasteiger partial charge in [-0.1, -0.05) is 19.8 Å². The van der Waals surface area contributed by atoms with Gasteiger partial charge in [0.25, 0.3) is 0 Å². The monoisotopic (exact) mass is 314 g/mol. The van der Waals surface area contributed by atoms with Crippen molar-refractivity contribution < 1.29 is 5.11 Å². The van der Waals surface area contributed by atoms with Crippen LogP contribution in [0, 0.1) is 12.8 Å². The molecular weight excluding hydrogens is 292 g/mol. The van der Waals surface area contributed by atoms with Crippen molar-refractivity contribution in [2.45, 2.75) is 65.0 Å². The van der Waals surface area contributed by atoms with E-state index in [0.29, 0.717) is 12.3 Å². The van der Waals surface area contributed by atoms with Gasteiger partial charge in [-0.05, 0) is 48.5 Å². The Hall–Kier alpha value is -0.350. The largest absolute Gasteiger partial charge is 0.389 e. The zero-order chi connectivity index (χ0) is 13.3. The number of aryl methyl sites for hydroxylation is 2. The van der Waals surface area contributed by atoms with Gasteiger partial charge in [-0.3, -0.25) is 4.68 Å². The lowest BCUT2D eigenvalue weighted by molar-refractivity contribution is -0.0140. The molecule has 1 saturated carbocycles. The molecule has 0 saturated heterocycles. The Morgan fingerprint density at radius 3 is 2.89 bits per heavy atom. The number of aromatic nitrogens is 2. The van der Waals surface area contributed by atoms with Crippen LogP contribution in [-0.4, -0.2) is 20.5 Å². The minimum atomic E-state index is -0.542. The lowest BCUT2D eigenvalue weighted by atomic mass is 9.76. The molecule has 0 aliphatic heterocycles. The van der Waals surface area contributed by atoms with Crippen LogP contribution in [0.1, 0.15) is 50.9 Å². The van der Waals surface area contributed by atoms with Crippen molar-refractivity contribution in [2.24, 2.45) is 5.92 Å². The fourth-order valence-electron chi connectivity index (χ4n) is 3.14. The van der Waals surface area contributed by atoms with E-state index in [1.807, 2.05) is 11.6 Å². The van der Waals surface area contributed by atoms with E-state index in [0.717, 1.165) is 41.7 Å². The molecule has 1 aliphatic rings. The number of halogens is 1. The van der Waals surface area contributed by atoms with Gasteiger partial charge in [-0.2, -0.15) is 5.10 Å². The van der Waals surface area contributed by atoms with Crippen molar-refractivity contribution in [1.82, 2.24) is 9.78 Å². The fraction of sp³-hybridized carbons (Fsp3) is 0.786. The molecule has 0 spiro atoms. The minimum absolute atomic E-state index is 0.542. The molecule has 4 heteroatoms. The molecule has 2 rings (SSSR count). The summed E-state index contributed by atoms with van der Waals surface area (Å²) in [5.74, 6) is 0.627. The average Bonchev–Trinajstić information content (AvgIpc) is 2.56. The van der Waals surface area contributed by atoms with E-state index >= 15 is 0 Å². The van der Waals surface area contributed by atoms with Crippen molar-refractivity contribution in [2.75, 3.05) is 0 Å². The summed E-state index contributed by atoms with van der Waals surface area (Å²) in [6.45, 7) is 7.19. The highest BCUT2D eigenvalue weighted by molar-refractivity contribution is 9.10. The maximum Gasteiger partial charge on any atom is 0.0738 e. The van der Waals surface area contributed by atoms with Crippen LogP contribution < -0.4 is 0 Å². The lowest BCUT2D eigenvalue weighted by Gasteiger charge is -2.35. The predicted octanol–water partition coefficient (Wildman–Crippen LogP) is 3.46. The molecule has 102 valence electrons. The van der Waals surface area contributed by atoms with Gasteiger partial charge in [0.2, 0.25) is 0 Å². The third kappa shape index (κ3) is 2.80. The van der Waals surface area contributed by atoms with Crippen LogP contribution in [0.25, 0.3) is 0 Å². The van der Waals surface area contributed by atoms with Gasteiger partial charge < -0.3 is 5.11 Å². The summed E-state index contributed by atoms with van der Waals surface area (Å²) < 4.78 is 3.08.